The normalized spacial score (nSPS) is 14.1. The van der Waals surface area contributed by atoms with Crippen molar-refractivity contribution in [2.75, 3.05) is 6.61 Å². The van der Waals surface area contributed by atoms with Gasteiger partial charge in [-0.15, -0.1) is 0 Å². The number of ether oxygens (including phenoxy) is 1. The Labute approximate surface area is 158 Å². The van der Waals surface area contributed by atoms with E-state index in [1.54, 1.807) is 12.1 Å². The van der Waals surface area contributed by atoms with E-state index in [0.29, 0.717) is 0 Å². The third-order valence-electron chi connectivity index (χ3n) is 4.92. The van der Waals surface area contributed by atoms with Gasteiger partial charge >= 0.3 is 5.69 Å². The number of nitro groups is 1. The van der Waals surface area contributed by atoms with Gasteiger partial charge in [0.05, 0.1) is 11.0 Å². The quantitative estimate of drug-likeness (QED) is 0.616. The summed E-state index contributed by atoms with van der Waals surface area (Å²) in [5.41, 5.74) is 4.52. The molecule has 0 saturated heterocycles. The first-order chi connectivity index (χ1) is 12.9. The number of fused-ring (bicyclic) bond motifs is 1. The summed E-state index contributed by atoms with van der Waals surface area (Å²) in [6.45, 7) is 3.48. The van der Waals surface area contributed by atoms with Crippen LogP contribution in [0.15, 0.2) is 36.4 Å². The van der Waals surface area contributed by atoms with Gasteiger partial charge in [0.15, 0.2) is 12.4 Å². The molecule has 0 radical (unpaired) electrons. The zero-order valence-electron chi connectivity index (χ0n) is 15.7. The monoisotopic (exact) mass is 368 g/mol. The van der Waals surface area contributed by atoms with Crippen molar-refractivity contribution in [2.24, 2.45) is 0 Å². The van der Waals surface area contributed by atoms with Gasteiger partial charge in [0.2, 0.25) is 0 Å². The summed E-state index contributed by atoms with van der Waals surface area (Å²) in [7, 11) is 0. The molecule has 2 aromatic rings. The van der Waals surface area contributed by atoms with Crippen molar-refractivity contribution in [1.29, 1.82) is 0 Å². The minimum atomic E-state index is -0.511. The number of rotatable bonds is 6. The molecule has 1 atom stereocenters. The molecule has 0 aromatic heterocycles. The maximum absolute atomic E-state index is 12.2. The van der Waals surface area contributed by atoms with Gasteiger partial charge in [0.1, 0.15) is 0 Å². The van der Waals surface area contributed by atoms with Gasteiger partial charge in [-0.05, 0) is 67.9 Å². The molecular weight excluding hydrogens is 344 g/mol. The zero-order valence-corrected chi connectivity index (χ0v) is 15.7. The number of nitrogens with one attached hydrogen (secondary N) is 1. The highest BCUT2D eigenvalue weighted by Gasteiger charge is 2.18. The molecule has 6 heteroatoms. The Kier molecular flexibility index (Phi) is 5.74. The molecule has 1 N–H and O–H groups in total. The van der Waals surface area contributed by atoms with Gasteiger partial charge in [0.25, 0.3) is 5.91 Å². The Morgan fingerprint density at radius 1 is 1.19 bits per heavy atom. The van der Waals surface area contributed by atoms with Gasteiger partial charge in [-0.1, -0.05) is 24.3 Å². The van der Waals surface area contributed by atoms with E-state index in [9.17, 15) is 14.9 Å². The van der Waals surface area contributed by atoms with Crippen molar-refractivity contribution in [2.45, 2.75) is 45.6 Å². The van der Waals surface area contributed by atoms with E-state index in [2.05, 4.69) is 23.5 Å². The summed E-state index contributed by atoms with van der Waals surface area (Å²) >= 11 is 0. The molecular formula is C21H24N2O4. The van der Waals surface area contributed by atoms with Gasteiger partial charge in [-0.25, -0.2) is 0 Å². The van der Waals surface area contributed by atoms with E-state index in [-0.39, 0.29) is 30.0 Å². The van der Waals surface area contributed by atoms with E-state index in [1.165, 1.54) is 30.0 Å². The molecule has 3 rings (SSSR count). The second-order valence-electron chi connectivity index (χ2n) is 7.04. The third-order valence-corrected chi connectivity index (χ3v) is 4.92. The fourth-order valence-electron chi connectivity index (χ4n) is 3.42. The Morgan fingerprint density at radius 3 is 2.67 bits per heavy atom. The van der Waals surface area contributed by atoms with Crippen molar-refractivity contribution >= 4 is 11.6 Å². The Morgan fingerprint density at radius 2 is 1.93 bits per heavy atom. The number of nitro benzene ring substituents is 1. The van der Waals surface area contributed by atoms with Crippen LogP contribution in [0.4, 0.5) is 5.69 Å². The van der Waals surface area contributed by atoms with Crippen LogP contribution in [0.25, 0.3) is 0 Å². The summed E-state index contributed by atoms with van der Waals surface area (Å²) < 4.78 is 5.41. The van der Waals surface area contributed by atoms with Gasteiger partial charge in [-0.3, -0.25) is 14.9 Å². The van der Waals surface area contributed by atoms with Crippen LogP contribution >= 0.6 is 0 Å². The number of carbonyl (C=O) groups excluding carboxylic acids is 1. The number of amides is 1. The van der Waals surface area contributed by atoms with Gasteiger partial charge < -0.3 is 10.1 Å². The second kappa shape index (κ2) is 8.20. The summed E-state index contributed by atoms with van der Waals surface area (Å²) in [6.07, 6.45) is 4.66. The van der Waals surface area contributed by atoms with Crippen LogP contribution in [-0.2, 0) is 17.6 Å². The molecule has 1 aliphatic carbocycles. The van der Waals surface area contributed by atoms with E-state index < -0.39 is 4.92 Å². The summed E-state index contributed by atoms with van der Waals surface area (Å²) in [4.78, 5) is 22.8. The molecule has 1 amide bonds. The molecule has 2 aromatic carbocycles. The first-order valence-electron chi connectivity index (χ1n) is 9.23. The Balaban J connectivity index is 1.61. The standard InChI is InChI=1S/C21H24N2O4/c1-14-7-10-19(23(25)26)20(11-14)27-13-21(24)22-15(2)17-9-8-16-5-3-4-6-18(16)12-17/h7-12,15H,3-6,13H2,1-2H3,(H,22,24). The van der Waals surface area contributed by atoms with Crippen molar-refractivity contribution in [1.82, 2.24) is 5.32 Å². The van der Waals surface area contributed by atoms with Crippen molar-refractivity contribution < 1.29 is 14.5 Å². The molecule has 0 saturated carbocycles. The predicted molar refractivity (Wildman–Crippen MR) is 103 cm³/mol. The first-order valence-corrected chi connectivity index (χ1v) is 9.23. The topological polar surface area (TPSA) is 81.5 Å². The summed E-state index contributed by atoms with van der Waals surface area (Å²) in [5.74, 6) is -0.201. The number of benzene rings is 2. The number of hydrogen-bond donors (Lipinski definition) is 1. The zero-order chi connectivity index (χ0) is 19.4. The molecule has 0 aliphatic heterocycles. The van der Waals surface area contributed by atoms with Crippen molar-refractivity contribution in [3.05, 3.63) is 68.8 Å². The highest BCUT2D eigenvalue weighted by Crippen LogP contribution is 2.28. The van der Waals surface area contributed by atoms with E-state index in [1.807, 2.05) is 13.8 Å². The molecule has 6 nitrogen and oxygen atoms in total. The first kappa shape index (κ1) is 18.9. The lowest BCUT2D eigenvalue weighted by Crippen LogP contribution is -2.31. The Hall–Kier alpha value is -2.89. The molecule has 1 unspecified atom stereocenters. The van der Waals surface area contributed by atoms with Crippen LogP contribution in [-0.4, -0.2) is 17.4 Å². The predicted octanol–water partition coefficient (Wildman–Crippen LogP) is 4.04. The third kappa shape index (κ3) is 4.64. The van der Waals surface area contributed by atoms with Crippen LogP contribution in [0.3, 0.4) is 0 Å². The molecule has 1 aliphatic rings. The minimum Gasteiger partial charge on any atom is -0.477 e. The van der Waals surface area contributed by atoms with Crippen LogP contribution < -0.4 is 10.1 Å². The van der Waals surface area contributed by atoms with Crippen molar-refractivity contribution in [3.63, 3.8) is 0 Å². The average molecular weight is 368 g/mol. The lowest BCUT2D eigenvalue weighted by atomic mass is 9.89. The van der Waals surface area contributed by atoms with Crippen LogP contribution in [0, 0.1) is 17.0 Å². The van der Waals surface area contributed by atoms with Crippen molar-refractivity contribution in [3.8, 4) is 5.75 Å². The number of nitrogens with zero attached hydrogens (tertiary/aromatic N) is 1. The highest BCUT2D eigenvalue weighted by molar-refractivity contribution is 5.78. The highest BCUT2D eigenvalue weighted by atomic mass is 16.6. The van der Waals surface area contributed by atoms with E-state index in [0.717, 1.165) is 24.0 Å². The number of hydrogen-bond acceptors (Lipinski definition) is 4. The fourth-order valence-corrected chi connectivity index (χ4v) is 3.42. The maximum atomic E-state index is 12.2. The lowest BCUT2D eigenvalue weighted by molar-refractivity contribution is -0.385. The molecule has 0 bridgehead atoms. The van der Waals surface area contributed by atoms with E-state index in [4.69, 9.17) is 4.74 Å². The largest absolute Gasteiger partial charge is 0.477 e. The molecule has 0 spiro atoms. The van der Waals surface area contributed by atoms with E-state index >= 15 is 0 Å². The Bertz CT molecular complexity index is 863. The minimum absolute atomic E-state index is 0.108. The van der Waals surface area contributed by atoms with Crippen LogP contribution in [0.5, 0.6) is 5.75 Å². The summed E-state index contributed by atoms with van der Waals surface area (Å²) in [6, 6.07) is 10.8. The molecule has 27 heavy (non-hydrogen) atoms. The number of carbonyl (C=O) groups is 1. The molecule has 0 fully saturated rings. The van der Waals surface area contributed by atoms with Crippen LogP contribution in [0.2, 0.25) is 0 Å². The van der Waals surface area contributed by atoms with Gasteiger partial charge in [0, 0.05) is 6.07 Å². The van der Waals surface area contributed by atoms with Crippen LogP contribution in [0.1, 0.15) is 48.1 Å². The second-order valence-corrected chi connectivity index (χ2v) is 7.04. The maximum Gasteiger partial charge on any atom is 0.310 e. The SMILES string of the molecule is Cc1ccc([N+](=O)[O-])c(OCC(=O)NC(C)c2ccc3c(c2)CCCC3)c1. The molecule has 0 heterocycles. The fraction of sp³-hybridized carbons (Fsp3) is 0.381. The molecule has 142 valence electrons. The smallest absolute Gasteiger partial charge is 0.310 e. The number of aryl methyl sites for hydroxylation is 3. The lowest BCUT2D eigenvalue weighted by Gasteiger charge is -2.20. The summed E-state index contributed by atoms with van der Waals surface area (Å²) in [5, 5.41) is 14.0. The van der Waals surface area contributed by atoms with Gasteiger partial charge in [-0.2, -0.15) is 0 Å². The average Bonchev–Trinajstić information content (AvgIpc) is 2.65.